The molecule has 0 aliphatic carbocycles. The normalized spacial score (nSPS) is 13.7. The van der Waals surface area contributed by atoms with Gasteiger partial charge in [-0.15, -0.1) is 0 Å². The van der Waals surface area contributed by atoms with E-state index in [4.69, 9.17) is 25.6 Å². The summed E-state index contributed by atoms with van der Waals surface area (Å²) in [6.07, 6.45) is 0. The first kappa shape index (κ1) is 19.3. The molecule has 0 aliphatic heterocycles. The second-order valence-electron chi connectivity index (χ2n) is 5.45. The molecule has 6 nitrogen and oxygen atoms in total. The highest BCUT2D eigenvalue weighted by Crippen LogP contribution is 2.22. The van der Waals surface area contributed by atoms with Gasteiger partial charge in [-0.2, -0.15) is 0 Å². The molecule has 0 atom stereocenters. The van der Waals surface area contributed by atoms with E-state index in [1.54, 1.807) is 62.9 Å². The third-order valence-electron chi connectivity index (χ3n) is 2.61. The molecule has 0 aromatic carbocycles. The highest BCUT2D eigenvalue weighted by Gasteiger charge is 2.46. The third kappa shape index (κ3) is 8.23. The second-order valence-corrected chi connectivity index (χ2v) is 6.74. The topological polar surface area (TPSA) is 55.4 Å². The van der Waals surface area contributed by atoms with E-state index in [9.17, 15) is 0 Å². The lowest BCUT2D eigenvalue weighted by atomic mass is 10.4. The van der Waals surface area contributed by atoms with Crippen LogP contribution in [0.15, 0.2) is 0 Å². The molecule has 0 unspecified atom stereocenters. The number of methoxy groups -OCH3 is 3. The molecule has 0 N–H and O–H groups in total. The van der Waals surface area contributed by atoms with Crippen LogP contribution < -0.4 is 0 Å². The van der Waals surface area contributed by atoms with Crippen molar-refractivity contribution in [3.05, 3.63) is 0 Å². The molecule has 0 spiro atoms. The van der Waals surface area contributed by atoms with Crippen LogP contribution in [0.2, 0.25) is 0 Å². The first-order valence-corrected chi connectivity index (χ1v) is 7.57. The summed E-state index contributed by atoms with van der Waals surface area (Å²) in [7, 11) is 4.69. The zero-order valence-corrected chi connectivity index (χ0v) is 14.7. The van der Waals surface area contributed by atoms with Gasteiger partial charge in [-0.25, -0.2) is 0 Å². The first-order valence-electron chi connectivity index (χ1n) is 6.16. The van der Waals surface area contributed by atoms with Gasteiger partial charge >= 0.3 is 15.1 Å². The van der Waals surface area contributed by atoms with Crippen molar-refractivity contribution in [2.75, 3.05) is 21.3 Å². The zero-order valence-electron chi connectivity index (χ0n) is 13.5. The van der Waals surface area contributed by atoms with Gasteiger partial charge < -0.3 is 25.6 Å². The summed E-state index contributed by atoms with van der Waals surface area (Å²) < 4.78 is 33.0. The van der Waals surface area contributed by atoms with Gasteiger partial charge in [0.25, 0.3) is 0 Å². The fraction of sp³-hybridized carbons (Fsp3) is 1.00. The van der Waals surface area contributed by atoms with Crippen molar-refractivity contribution in [2.24, 2.45) is 0 Å². The lowest BCUT2D eigenvalue weighted by molar-refractivity contribution is -0.233. The summed E-state index contributed by atoms with van der Waals surface area (Å²) in [6, 6.07) is 0. The van der Waals surface area contributed by atoms with E-state index in [2.05, 4.69) is 0 Å². The zero-order chi connectivity index (χ0) is 15.3. The number of hydrogen-bond donors (Lipinski definition) is 0. The van der Waals surface area contributed by atoms with Crippen molar-refractivity contribution in [3.63, 3.8) is 0 Å². The predicted molar refractivity (Wildman–Crippen MR) is 72.3 cm³/mol. The van der Waals surface area contributed by atoms with Crippen molar-refractivity contribution in [1.82, 2.24) is 0 Å². The van der Waals surface area contributed by atoms with Gasteiger partial charge in [0.2, 0.25) is 0 Å². The van der Waals surface area contributed by atoms with Gasteiger partial charge in [0.15, 0.2) is 0 Å². The van der Waals surface area contributed by atoms with Crippen molar-refractivity contribution < 1.29 is 25.6 Å². The van der Waals surface area contributed by atoms with Crippen molar-refractivity contribution in [1.29, 1.82) is 0 Å². The minimum Gasteiger partial charge on any atom is -0.428 e. The minimum atomic E-state index is -2.54. The standard InChI is InChI=1S/3C4H9O2.Al/c3*1-4(2,5)6-3;/h3*1-3H3;/q3*-1;+3. The fourth-order valence-corrected chi connectivity index (χ4v) is 2.74. The summed E-state index contributed by atoms with van der Waals surface area (Å²) in [5, 5.41) is 0. The second kappa shape index (κ2) is 7.34. The van der Waals surface area contributed by atoms with Crippen LogP contribution in [0.25, 0.3) is 0 Å². The smallest absolute Gasteiger partial charge is 0.428 e. The summed E-state index contributed by atoms with van der Waals surface area (Å²) >= 11 is -2.54. The quantitative estimate of drug-likeness (QED) is 0.480. The molecule has 0 rings (SSSR count). The fourth-order valence-electron chi connectivity index (χ4n) is 0.912. The van der Waals surface area contributed by atoms with Gasteiger partial charge in [0, 0.05) is 21.3 Å². The number of rotatable bonds is 9. The van der Waals surface area contributed by atoms with Crippen LogP contribution in [0.4, 0.5) is 0 Å². The summed E-state index contributed by atoms with van der Waals surface area (Å²) in [6.45, 7) is 10.7. The van der Waals surface area contributed by atoms with Crippen LogP contribution in [0.3, 0.4) is 0 Å². The molecule has 0 saturated carbocycles. The summed E-state index contributed by atoms with van der Waals surface area (Å²) in [5.74, 6) is -2.40. The van der Waals surface area contributed by atoms with Crippen molar-refractivity contribution >= 4 is 15.1 Å². The van der Waals surface area contributed by atoms with Crippen molar-refractivity contribution in [3.8, 4) is 0 Å². The molecule has 0 fully saturated rings. The van der Waals surface area contributed by atoms with E-state index in [1.165, 1.54) is 0 Å². The third-order valence-corrected chi connectivity index (χ3v) is 4.90. The molecule has 0 bridgehead atoms. The molecule has 0 amide bonds. The average molecular weight is 294 g/mol. The van der Waals surface area contributed by atoms with E-state index in [1.807, 2.05) is 0 Å². The van der Waals surface area contributed by atoms with Crippen LogP contribution in [0.5, 0.6) is 0 Å². The maximum absolute atomic E-state index is 5.77. The lowest BCUT2D eigenvalue weighted by Gasteiger charge is -2.35. The summed E-state index contributed by atoms with van der Waals surface area (Å²) in [4.78, 5) is 0. The van der Waals surface area contributed by atoms with Gasteiger partial charge in [-0.3, -0.25) is 0 Å². The number of hydrogen-bond acceptors (Lipinski definition) is 6. The Balaban J connectivity index is 4.84. The maximum Gasteiger partial charge on any atom is 0.911 e. The largest absolute Gasteiger partial charge is 0.911 e. The Bertz CT molecular complexity index is 224. The molecule has 7 heteroatoms. The van der Waals surface area contributed by atoms with Crippen molar-refractivity contribution in [2.45, 2.75) is 58.9 Å². The monoisotopic (exact) mass is 294 g/mol. The van der Waals surface area contributed by atoms with Crippen LogP contribution in [-0.4, -0.2) is 53.8 Å². The predicted octanol–water partition coefficient (Wildman–Crippen LogP) is 2.17. The molecular weight excluding hydrogens is 267 g/mol. The minimum absolute atomic E-state index is 0.801. The average Bonchev–Trinajstić information content (AvgIpc) is 2.27. The van der Waals surface area contributed by atoms with Crippen LogP contribution in [-0.2, 0) is 25.6 Å². The molecule has 0 heterocycles. The van der Waals surface area contributed by atoms with E-state index in [0.29, 0.717) is 0 Å². The Morgan fingerprint density at radius 2 is 0.737 bits per heavy atom. The van der Waals surface area contributed by atoms with Gasteiger partial charge in [0.1, 0.15) is 17.4 Å². The molecule has 0 saturated heterocycles. The Morgan fingerprint density at radius 3 is 0.895 bits per heavy atom. The maximum atomic E-state index is 5.77. The summed E-state index contributed by atoms with van der Waals surface area (Å²) in [5.41, 5.74) is 0. The van der Waals surface area contributed by atoms with E-state index >= 15 is 0 Å². The molecule has 19 heavy (non-hydrogen) atoms. The molecule has 114 valence electrons. The van der Waals surface area contributed by atoms with Gasteiger partial charge in [-0.05, 0) is 41.5 Å². The van der Waals surface area contributed by atoms with E-state index < -0.39 is 32.5 Å². The lowest BCUT2D eigenvalue weighted by Crippen LogP contribution is -2.48. The molecular formula is C12H27AlO6. The molecule has 0 aromatic heterocycles. The van der Waals surface area contributed by atoms with Gasteiger partial charge in [0.05, 0.1) is 0 Å². The Hall–Kier alpha value is 0.292. The highest BCUT2D eigenvalue weighted by atomic mass is 27.3. The molecule has 0 aromatic rings. The van der Waals surface area contributed by atoms with Crippen LogP contribution in [0.1, 0.15) is 41.5 Å². The Labute approximate surface area is 121 Å². The highest BCUT2D eigenvalue weighted by molar-refractivity contribution is 6.36. The van der Waals surface area contributed by atoms with E-state index in [-0.39, 0.29) is 0 Å². The molecule has 0 aliphatic rings. The van der Waals surface area contributed by atoms with Crippen LogP contribution >= 0.6 is 0 Å². The first-order chi connectivity index (χ1) is 8.47. The Kier molecular flexibility index (Phi) is 7.46. The Morgan fingerprint density at radius 1 is 0.526 bits per heavy atom. The van der Waals surface area contributed by atoms with E-state index in [0.717, 1.165) is 0 Å². The SMILES string of the molecule is COC(C)(C)[O][Al]([O]C(C)(C)OC)[O]C(C)(C)OC. The molecule has 0 radical (unpaired) electrons. The van der Waals surface area contributed by atoms with Crippen LogP contribution in [0, 0.1) is 0 Å². The number of ether oxygens (including phenoxy) is 3. The van der Waals surface area contributed by atoms with Gasteiger partial charge in [-0.1, -0.05) is 0 Å².